The van der Waals surface area contributed by atoms with Crippen molar-refractivity contribution in [2.45, 2.75) is 20.4 Å². The average Bonchev–Trinajstić information content (AvgIpc) is 3.11. The minimum Gasteiger partial charge on any atom is -0.492 e. The van der Waals surface area contributed by atoms with Crippen LogP contribution in [-0.4, -0.2) is 39.5 Å². The predicted molar refractivity (Wildman–Crippen MR) is 123 cm³/mol. The van der Waals surface area contributed by atoms with Crippen LogP contribution in [0.1, 0.15) is 17.1 Å². The van der Waals surface area contributed by atoms with E-state index in [0.29, 0.717) is 22.6 Å². The van der Waals surface area contributed by atoms with Crippen LogP contribution in [0.4, 0.5) is 5.95 Å². The first-order chi connectivity index (χ1) is 15.9. The van der Waals surface area contributed by atoms with Crippen LogP contribution < -0.4 is 11.4 Å². The van der Waals surface area contributed by atoms with Crippen molar-refractivity contribution in [3.8, 4) is 28.3 Å². The summed E-state index contributed by atoms with van der Waals surface area (Å²) < 4.78 is 2.55. The van der Waals surface area contributed by atoms with E-state index in [4.69, 9.17) is 5.73 Å². The first kappa shape index (κ1) is 20.3. The van der Waals surface area contributed by atoms with E-state index >= 15 is 0 Å². The second-order valence-corrected chi connectivity index (χ2v) is 7.68. The number of anilines is 1. The Morgan fingerprint density at radius 3 is 2.33 bits per heavy atom. The minimum atomic E-state index is -0.451. The molecule has 3 N–H and O–H groups in total. The molecular weight excluding hydrogens is 420 g/mol. The lowest BCUT2D eigenvalue weighted by molar-refractivity contribution is 0.442. The van der Waals surface area contributed by atoms with Crippen LogP contribution >= 0.6 is 0 Å². The smallest absolute Gasteiger partial charge is 0.353 e. The maximum atomic E-state index is 13.2. The Kier molecular flexibility index (Phi) is 4.82. The number of rotatable bonds is 4. The van der Waals surface area contributed by atoms with Crippen LogP contribution in [0.25, 0.3) is 28.0 Å². The number of nitrogens with zero attached hydrogens (tertiary/aromatic N) is 7. The molecule has 33 heavy (non-hydrogen) atoms. The van der Waals surface area contributed by atoms with E-state index in [9.17, 15) is 9.90 Å². The number of pyridine rings is 1. The van der Waals surface area contributed by atoms with Gasteiger partial charge in [0, 0.05) is 23.0 Å². The summed E-state index contributed by atoms with van der Waals surface area (Å²) in [6, 6.07) is 16.5. The molecule has 10 heteroatoms. The molecule has 1 aromatic carbocycles. The van der Waals surface area contributed by atoms with Gasteiger partial charge in [0.25, 0.3) is 0 Å². The second-order valence-electron chi connectivity index (χ2n) is 7.68. The molecule has 0 bridgehead atoms. The average molecular weight is 440 g/mol. The number of fused-ring (bicyclic) bond motifs is 1. The first-order valence-electron chi connectivity index (χ1n) is 10.2. The molecule has 0 saturated carbocycles. The Bertz CT molecular complexity index is 1520. The molecule has 4 heterocycles. The summed E-state index contributed by atoms with van der Waals surface area (Å²) in [5.41, 5.74) is 11.3. The summed E-state index contributed by atoms with van der Waals surface area (Å²) >= 11 is 0. The van der Waals surface area contributed by atoms with Crippen LogP contribution in [0, 0.1) is 13.8 Å². The second kappa shape index (κ2) is 7.83. The van der Waals surface area contributed by atoms with Crippen molar-refractivity contribution in [3.63, 3.8) is 0 Å². The van der Waals surface area contributed by atoms with E-state index in [1.165, 1.54) is 15.1 Å². The van der Waals surface area contributed by atoms with Gasteiger partial charge in [0.2, 0.25) is 11.8 Å². The Morgan fingerprint density at radius 2 is 1.67 bits per heavy atom. The maximum Gasteiger partial charge on any atom is 0.353 e. The van der Waals surface area contributed by atoms with Gasteiger partial charge in [-0.05, 0) is 37.6 Å². The highest BCUT2D eigenvalue weighted by atomic mass is 16.3. The molecular formula is C23H20N8O2. The predicted octanol–water partition coefficient (Wildman–Crippen LogP) is 2.36. The highest BCUT2D eigenvalue weighted by molar-refractivity contribution is 5.90. The fourth-order valence-electron chi connectivity index (χ4n) is 3.85. The van der Waals surface area contributed by atoms with Crippen molar-refractivity contribution >= 4 is 11.6 Å². The number of aromatic hydroxyl groups is 1. The van der Waals surface area contributed by atoms with Crippen molar-refractivity contribution in [1.82, 2.24) is 34.3 Å². The monoisotopic (exact) mass is 440 g/mol. The molecule has 0 atom stereocenters. The molecule has 0 fully saturated rings. The number of aromatic nitrogens is 7. The normalized spacial score (nSPS) is 11.2. The van der Waals surface area contributed by atoms with Gasteiger partial charge in [0.1, 0.15) is 0 Å². The van der Waals surface area contributed by atoms with Gasteiger partial charge in [-0.2, -0.15) is 0 Å². The zero-order chi connectivity index (χ0) is 23.1. The molecule has 0 unspecified atom stereocenters. The highest BCUT2D eigenvalue weighted by Gasteiger charge is 2.22. The van der Waals surface area contributed by atoms with E-state index in [-0.39, 0.29) is 18.4 Å². The Balaban J connectivity index is 1.81. The van der Waals surface area contributed by atoms with Crippen LogP contribution in [0.2, 0.25) is 0 Å². The minimum absolute atomic E-state index is 0.0307. The molecule has 0 aliphatic heterocycles. The lowest BCUT2D eigenvalue weighted by Crippen LogP contribution is -2.24. The third-order valence-corrected chi connectivity index (χ3v) is 5.19. The van der Waals surface area contributed by atoms with E-state index in [1.54, 1.807) is 6.07 Å². The third-order valence-electron chi connectivity index (χ3n) is 5.19. The summed E-state index contributed by atoms with van der Waals surface area (Å²) in [7, 11) is 0. The Labute approximate surface area is 188 Å². The summed E-state index contributed by atoms with van der Waals surface area (Å²) in [4.78, 5) is 22.3. The van der Waals surface area contributed by atoms with E-state index in [2.05, 4.69) is 25.3 Å². The standard InChI is InChI=1S/C23H20N8O2/c1-13-10-16(11-14(2)25-13)19-20(15-6-4-3-5-7-15)26-22(24)31-21(19)29-30(23(31)33)12-17-8-9-18(32)28-27-17/h3-11H,12H2,1-2H3,(H2,24,26)(H,28,32). The van der Waals surface area contributed by atoms with Crippen molar-refractivity contribution in [3.05, 3.63) is 82.2 Å². The zero-order valence-electron chi connectivity index (χ0n) is 18.0. The van der Waals surface area contributed by atoms with Crippen LogP contribution in [0.5, 0.6) is 5.88 Å². The van der Waals surface area contributed by atoms with Crippen molar-refractivity contribution in [2.75, 3.05) is 5.73 Å². The summed E-state index contributed by atoms with van der Waals surface area (Å²) in [5.74, 6) is -0.170. The van der Waals surface area contributed by atoms with E-state index < -0.39 is 5.69 Å². The highest BCUT2D eigenvalue weighted by Crippen LogP contribution is 2.34. The lowest BCUT2D eigenvalue weighted by atomic mass is 9.99. The molecule has 0 spiro atoms. The van der Waals surface area contributed by atoms with Gasteiger partial charge in [-0.25, -0.2) is 18.9 Å². The van der Waals surface area contributed by atoms with Crippen LogP contribution in [-0.2, 0) is 6.54 Å². The van der Waals surface area contributed by atoms with Crippen molar-refractivity contribution < 1.29 is 5.11 Å². The van der Waals surface area contributed by atoms with E-state index in [0.717, 1.165) is 22.5 Å². The molecule has 0 aliphatic carbocycles. The maximum absolute atomic E-state index is 13.2. The van der Waals surface area contributed by atoms with Gasteiger partial charge in [0.05, 0.1) is 23.5 Å². The van der Waals surface area contributed by atoms with Crippen molar-refractivity contribution in [2.24, 2.45) is 0 Å². The topological polar surface area (TPSA) is 137 Å². The SMILES string of the molecule is Cc1cc(-c2c(-c3ccccc3)nc(N)n3c(=O)n(Cc4ccc(O)nn4)nc23)cc(C)n1. The Hall–Kier alpha value is -4.60. The van der Waals surface area contributed by atoms with Gasteiger partial charge in [-0.15, -0.1) is 15.3 Å². The fraction of sp³-hybridized carbons (Fsp3) is 0.130. The summed E-state index contributed by atoms with van der Waals surface area (Å²) in [6.45, 7) is 3.88. The molecule has 164 valence electrons. The molecule has 10 nitrogen and oxygen atoms in total. The molecule has 0 saturated heterocycles. The van der Waals surface area contributed by atoms with Crippen LogP contribution in [0.3, 0.4) is 0 Å². The first-order valence-corrected chi connectivity index (χ1v) is 10.2. The number of benzene rings is 1. The molecule has 0 aliphatic rings. The largest absolute Gasteiger partial charge is 0.492 e. The number of hydrogen-bond acceptors (Lipinski definition) is 8. The number of aryl methyl sites for hydroxylation is 2. The van der Waals surface area contributed by atoms with E-state index in [1.807, 2.05) is 56.3 Å². The van der Waals surface area contributed by atoms with Gasteiger partial charge < -0.3 is 10.8 Å². The third kappa shape index (κ3) is 3.67. The number of hydrogen-bond donors (Lipinski definition) is 2. The number of nitrogen functional groups attached to an aromatic ring is 1. The van der Waals surface area contributed by atoms with Gasteiger partial charge in [-0.3, -0.25) is 4.98 Å². The zero-order valence-corrected chi connectivity index (χ0v) is 18.0. The van der Waals surface area contributed by atoms with Crippen LogP contribution in [0.15, 0.2) is 59.4 Å². The molecule has 0 amide bonds. The molecule has 4 aromatic heterocycles. The Morgan fingerprint density at radius 1 is 0.939 bits per heavy atom. The number of nitrogens with two attached hydrogens (primary N) is 1. The van der Waals surface area contributed by atoms with Gasteiger partial charge in [0.15, 0.2) is 5.65 Å². The van der Waals surface area contributed by atoms with Gasteiger partial charge >= 0.3 is 5.69 Å². The lowest BCUT2D eigenvalue weighted by Gasteiger charge is -2.13. The molecule has 5 rings (SSSR count). The summed E-state index contributed by atoms with van der Waals surface area (Å²) in [5, 5.41) is 21.5. The quantitative estimate of drug-likeness (QED) is 0.434. The summed E-state index contributed by atoms with van der Waals surface area (Å²) in [6.07, 6.45) is 0. The molecule has 5 aromatic rings. The van der Waals surface area contributed by atoms with Gasteiger partial charge in [-0.1, -0.05) is 30.3 Å². The molecule has 0 radical (unpaired) electrons. The van der Waals surface area contributed by atoms with Crippen molar-refractivity contribution in [1.29, 1.82) is 0 Å². The fourth-order valence-corrected chi connectivity index (χ4v) is 3.85.